The molecule has 0 atom stereocenters. The molecule has 7 heteroatoms. The highest BCUT2D eigenvalue weighted by molar-refractivity contribution is 7.13. The van der Waals surface area contributed by atoms with Crippen LogP contribution in [0.25, 0.3) is 10.6 Å². The largest absolute Gasteiger partial charge is 0.481 e. The number of carbonyl (C=O) groups is 2. The van der Waals surface area contributed by atoms with Gasteiger partial charge in [0.25, 0.3) is 5.91 Å². The van der Waals surface area contributed by atoms with Crippen molar-refractivity contribution in [1.82, 2.24) is 14.7 Å². The standard InChI is InChI=1S/C14H17N3O3S/c1-16(7-3-6-12(18)19)14(20)10-9-17(2)15-13(10)11-5-4-8-21-11/h4-5,8-9H,3,6-7H2,1-2H3,(H,18,19). The molecule has 0 unspecified atom stereocenters. The molecule has 0 spiro atoms. The monoisotopic (exact) mass is 307 g/mol. The molecule has 0 aliphatic rings. The van der Waals surface area contributed by atoms with Gasteiger partial charge in [-0.2, -0.15) is 5.10 Å². The van der Waals surface area contributed by atoms with Crippen molar-refractivity contribution in [3.8, 4) is 10.6 Å². The van der Waals surface area contributed by atoms with Gasteiger partial charge in [0.05, 0.1) is 10.4 Å². The van der Waals surface area contributed by atoms with Crippen LogP contribution in [0.2, 0.25) is 0 Å². The van der Waals surface area contributed by atoms with Crippen molar-refractivity contribution < 1.29 is 14.7 Å². The Morgan fingerprint density at radius 2 is 2.24 bits per heavy atom. The molecule has 21 heavy (non-hydrogen) atoms. The lowest BCUT2D eigenvalue weighted by molar-refractivity contribution is -0.137. The van der Waals surface area contributed by atoms with Gasteiger partial charge in [-0.1, -0.05) is 6.07 Å². The zero-order valence-corrected chi connectivity index (χ0v) is 12.8. The molecule has 0 fully saturated rings. The van der Waals surface area contributed by atoms with Gasteiger partial charge < -0.3 is 10.0 Å². The fraction of sp³-hybridized carbons (Fsp3) is 0.357. The van der Waals surface area contributed by atoms with Gasteiger partial charge in [0, 0.05) is 33.3 Å². The zero-order valence-electron chi connectivity index (χ0n) is 11.9. The lowest BCUT2D eigenvalue weighted by atomic mass is 10.2. The fourth-order valence-electron chi connectivity index (χ4n) is 2.01. The van der Waals surface area contributed by atoms with Gasteiger partial charge in [0.2, 0.25) is 0 Å². The third-order valence-corrected chi connectivity index (χ3v) is 3.92. The van der Waals surface area contributed by atoms with Crippen LogP contribution in [0, 0.1) is 0 Å². The minimum absolute atomic E-state index is 0.0580. The molecule has 0 saturated heterocycles. The second kappa shape index (κ2) is 6.53. The summed E-state index contributed by atoms with van der Waals surface area (Å²) in [6, 6.07) is 3.84. The van der Waals surface area contributed by atoms with Crippen molar-refractivity contribution in [2.24, 2.45) is 7.05 Å². The summed E-state index contributed by atoms with van der Waals surface area (Å²) < 4.78 is 1.62. The maximum atomic E-state index is 12.5. The molecular formula is C14H17N3O3S. The molecule has 112 valence electrons. The van der Waals surface area contributed by atoms with E-state index in [1.54, 1.807) is 25.0 Å². The highest BCUT2D eigenvalue weighted by Crippen LogP contribution is 2.27. The van der Waals surface area contributed by atoms with Gasteiger partial charge >= 0.3 is 5.97 Å². The van der Waals surface area contributed by atoms with Crippen molar-refractivity contribution in [3.05, 3.63) is 29.3 Å². The number of carbonyl (C=O) groups excluding carboxylic acids is 1. The van der Waals surface area contributed by atoms with Gasteiger partial charge in [-0.25, -0.2) is 0 Å². The van der Waals surface area contributed by atoms with Crippen LogP contribution >= 0.6 is 11.3 Å². The Labute approximate surface area is 126 Å². The van der Waals surface area contributed by atoms with Gasteiger partial charge in [0.1, 0.15) is 5.69 Å². The van der Waals surface area contributed by atoms with E-state index >= 15 is 0 Å². The maximum Gasteiger partial charge on any atom is 0.303 e. The number of hydrogen-bond donors (Lipinski definition) is 1. The number of aromatic nitrogens is 2. The summed E-state index contributed by atoms with van der Waals surface area (Å²) in [5, 5.41) is 14.9. The quantitative estimate of drug-likeness (QED) is 0.886. The number of nitrogens with zero attached hydrogens (tertiary/aromatic N) is 3. The van der Waals surface area contributed by atoms with Crippen LogP contribution in [-0.4, -0.2) is 45.3 Å². The van der Waals surface area contributed by atoms with Crippen molar-refractivity contribution in [1.29, 1.82) is 0 Å². The third-order valence-electron chi connectivity index (χ3n) is 3.04. The molecule has 6 nitrogen and oxygen atoms in total. The third kappa shape index (κ3) is 3.69. The van der Waals surface area contributed by atoms with E-state index in [1.807, 2.05) is 17.5 Å². The van der Waals surface area contributed by atoms with Gasteiger partial charge in [-0.15, -0.1) is 11.3 Å². The number of rotatable bonds is 6. The molecule has 2 aromatic rings. The lowest BCUT2D eigenvalue weighted by Crippen LogP contribution is -2.28. The Balaban J connectivity index is 2.14. The highest BCUT2D eigenvalue weighted by atomic mass is 32.1. The molecule has 2 rings (SSSR count). The van der Waals surface area contributed by atoms with Crippen molar-refractivity contribution >= 4 is 23.2 Å². The minimum Gasteiger partial charge on any atom is -0.481 e. The lowest BCUT2D eigenvalue weighted by Gasteiger charge is -2.16. The number of carboxylic acids is 1. The zero-order chi connectivity index (χ0) is 15.4. The maximum absolute atomic E-state index is 12.5. The Bertz CT molecular complexity index is 634. The van der Waals surface area contributed by atoms with Crippen LogP contribution in [0.1, 0.15) is 23.2 Å². The van der Waals surface area contributed by atoms with Crippen LogP contribution < -0.4 is 0 Å². The first-order valence-electron chi connectivity index (χ1n) is 6.54. The fourth-order valence-corrected chi connectivity index (χ4v) is 2.74. The molecule has 0 saturated carbocycles. The van der Waals surface area contributed by atoms with E-state index in [9.17, 15) is 9.59 Å². The highest BCUT2D eigenvalue weighted by Gasteiger charge is 2.20. The van der Waals surface area contributed by atoms with E-state index in [0.717, 1.165) is 4.88 Å². The summed E-state index contributed by atoms with van der Waals surface area (Å²) in [4.78, 5) is 25.5. The Morgan fingerprint density at radius 1 is 1.48 bits per heavy atom. The SMILES string of the molecule is CN(CCCC(=O)O)C(=O)c1cn(C)nc1-c1cccs1. The van der Waals surface area contributed by atoms with Gasteiger partial charge in [0.15, 0.2) is 0 Å². The molecule has 2 heterocycles. The second-order valence-corrected chi connectivity index (χ2v) is 5.71. The number of aliphatic carboxylic acids is 1. The predicted molar refractivity (Wildman–Crippen MR) is 80.4 cm³/mol. The molecule has 0 aliphatic heterocycles. The Morgan fingerprint density at radius 3 is 2.86 bits per heavy atom. The number of carboxylic acid groups (broad SMARTS) is 1. The predicted octanol–water partition coefficient (Wildman–Crippen LogP) is 2.09. The van der Waals surface area contributed by atoms with E-state index in [2.05, 4.69) is 5.10 Å². The van der Waals surface area contributed by atoms with Crippen molar-refractivity contribution in [2.75, 3.05) is 13.6 Å². The summed E-state index contributed by atoms with van der Waals surface area (Å²) in [6.07, 6.45) is 2.19. The Kier molecular flexibility index (Phi) is 4.74. The van der Waals surface area contributed by atoms with Crippen LogP contribution in [0.4, 0.5) is 0 Å². The number of hydrogen-bond acceptors (Lipinski definition) is 4. The van der Waals surface area contributed by atoms with Crippen LogP contribution in [0.3, 0.4) is 0 Å². The number of thiophene rings is 1. The summed E-state index contributed by atoms with van der Waals surface area (Å²) in [6.45, 7) is 0.407. The van der Waals surface area contributed by atoms with E-state index in [1.165, 1.54) is 16.2 Å². The molecule has 0 bridgehead atoms. The van der Waals surface area contributed by atoms with E-state index in [0.29, 0.717) is 24.2 Å². The molecule has 2 aromatic heterocycles. The molecular weight excluding hydrogens is 290 g/mol. The van der Waals surface area contributed by atoms with Crippen LogP contribution in [0.5, 0.6) is 0 Å². The average molecular weight is 307 g/mol. The van der Waals surface area contributed by atoms with Gasteiger partial charge in [-0.05, 0) is 17.9 Å². The Hall–Kier alpha value is -2.15. The summed E-state index contributed by atoms with van der Waals surface area (Å²) >= 11 is 1.53. The summed E-state index contributed by atoms with van der Waals surface area (Å²) in [5.74, 6) is -0.992. The van der Waals surface area contributed by atoms with Crippen LogP contribution in [0.15, 0.2) is 23.7 Å². The minimum atomic E-state index is -0.850. The second-order valence-electron chi connectivity index (χ2n) is 4.77. The molecule has 1 amide bonds. The number of aryl methyl sites for hydroxylation is 1. The van der Waals surface area contributed by atoms with E-state index < -0.39 is 5.97 Å². The van der Waals surface area contributed by atoms with Crippen LogP contribution in [-0.2, 0) is 11.8 Å². The van der Waals surface area contributed by atoms with Crippen molar-refractivity contribution in [2.45, 2.75) is 12.8 Å². The van der Waals surface area contributed by atoms with E-state index in [4.69, 9.17) is 5.11 Å². The number of amides is 1. The average Bonchev–Trinajstić information content (AvgIpc) is 3.05. The molecule has 0 aromatic carbocycles. The normalized spacial score (nSPS) is 10.6. The van der Waals surface area contributed by atoms with Gasteiger partial charge in [-0.3, -0.25) is 14.3 Å². The molecule has 1 N–H and O–H groups in total. The first-order chi connectivity index (χ1) is 9.99. The summed E-state index contributed by atoms with van der Waals surface area (Å²) in [5.41, 5.74) is 1.21. The van der Waals surface area contributed by atoms with Crippen molar-refractivity contribution in [3.63, 3.8) is 0 Å². The molecule has 0 aliphatic carbocycles. The first-order valence-corrected chi connectivity index (χ1v) is 7.41. The smallest absolute Gasteiger partial charge is 0.303 e. The summed E-state index contributed by atoms with van der Waals surface area (Å²) in [7, 11) is 3.45. The van der Waals surface area contributed by atoms with E-state index in [-0.39, 0.29) is 12.3 Å². The topological polar surface area (TPSA) is 75.4 Å². The first kappa shape index (κ1) is 15.2. The molecule has 0 radical (unpaired) electrons.